The molecule has 45 heavy (non-hydrogen) atoms. The van der Waals surface area contributed by atoms with E-state index in [1.165, 1.54) is 42.6 Å². The molecule has 0 saturated carbocycles. The molecule has 2 aromatic rings. The number of benzene rings is 1. The van der Waals surface area contributed by atoms with Crippen molar-refractivity contribution < 1.29 is 61.5 Å². The van der Waals surface area contributed by atoms with E-state index in [9.17, 15) is 27.6 Å². The standard InChI is InChI=1S/C27H36N4O13S/c32-24(28-8-11-40-14-16-43-19-26(35)36)18-42-15-13-41-12-9-29-27(37)20-1-6-23(30-17-20)31-45(38,39)22-4-2-21(3-5-22)44-10-7-25(33)34/h1-6,17H,7-16,18-19H2,(H,28,32)(H,29,37)(H,30,31)(H,33,34)(H,35,36). The number of rotatable bonds is 24. The number of carbonyl (C=O) groups excluding carboxylic acids is 2. The van der Waals surface area contributed by atoms with Crippen molar-refractivity contribution in [2.75, 3.05) is 77.3 Å². The third-order valence-electron chi connectivity index (χ3n) is 5.29. The largest absolute Gasteiger partial charge is 0.493 e. The van der Waals surface area contributed by atoms with E-state index < -0.39 is 34.5 Å². The minimum atomic E-state index is -3.98. The molecule has 0 unspecified atom stereocenters. The first-order valence-corrected chi connectivity index (χ1v) is 15.1. The minimum Gasteiger partial charge on any atom is -0.493 e. The van der Waals surface area contributed by atoms with Crippen molar-refractivity contribution in [2.45, 2.75) is 11.3 Å². The first-order chi connectivity index (χ1) is 21.6. The molecule has 0 fully saturated rings. The van der Waals surface area contributed by atoms with Crippen LogP contribution in [-0.4, -0.2) is 120 Å². The quantitative estimate of drug-likeness (QED) is 0.0915. The van der Waals surface area contributed by atoms with Crippen molar-refractivity contribution in [3.05, 3.63) is 48.2 Å². The highest BCUT2D eigenvalue weighted by Crippen LogP contribution is 2.19. The number of carboxylic acid groups (broad SMARTS) is 2. The average molecular weight is 657 g/mol. The first kappa shape index (κ1) is 36.8. The van der Waals surface area contributed by atoms with Gasteiger partial charge in [-0.25, -0.2) is 18.2 Å². The van der Waals surface area contributed by atoms with Gasteiger partial charge in [-0.2, -0.15) is 0 Å². The molecular formula is C27H36N4O13S. The average Bonchev–Trinajstić information content (AvgIpc) is 2.99. The lowest BCUT2D eigenvalue weighted by Crippen LogP contribution is -2.31. The Hall–Kier alpha value is -4.36. The molecule has 0 saturated heterocycles. The van der Waals surface area contributed by atoms with Crippen LogP contribution >= 0.6 is 0 Å². The van der Waals surface area contributed by atoms with Crippen molar-refractivity contribution in [1.29, 1.82) is 0 Å². The fraction of sp³-hybridized carbons (Fsp3) is 0.444. The van der Waals surface area contributed by atoms with Crippen LogP contribution < -0.4 is 20.1 Å². The van der Waals surface area contributed by atoms with Crippen molar-refractivity contribution >= 4 is 39.6 Å². The Morgan fingerprint density at radius 3 is 1.93 bits per heavy atom. The summed E-state index contributed by atoms with van der Waals surface area (Å²) in [6, 6.07) is 8.16. The highest BCUT2D eigenvalue weighted by molar-refractivity contribution is 7.92. The van der Waals surface area contributed by atoms with Crippen LogP contribution in [-0.2, 0) is 43.4 Å². The van der Waals surface area contributed by atoms with Gasteiger partial charge in [0.05, 0.1) is 63.1 Å². The van der Waals surface area contributed by atoms with Gasteiger partial charge in [0, 0.05) is 19.3 Å². The molecule has 1 aromatic carbocycles. The van der Waals surface area contributed by atoms with Crippen LogP contribution in [0.1, 0.15) is 16.8 Å². The van der Waals surface area contributed by atoms with Crippen LogP contribution in [0.2, 0.25) is 0 Å². The SMILES string of the molecule is O=C(O)CCOc1ccc(S(=O)(=O)Nc2ccc(C(=O)NCCOCCOCC(=O)NCCOCCOCC(=O)O)cn2)cc1. The third kappa shape index (κ3) is 16.3. The maximum absolute atomic E-state index is 12.6. The number of aliphatic carboxylic acids is 2. The van der Waals surface area contributed by atoms with Gasteiger partial charge in [0.1, 0.15) is 24.8 Å². The highest BCUT2D eigenvalue weighted by Gasteiger charge is 2.16. The van der Waals surface area contributed by atoms with Gasteiger partial charge < -0.3 is 44.5 Å². The number of carbonyl (C=O) groups is 4. The molecule has 2 amide bonds. The Labute approximate surface area is 259 Å². The Morgan fingerprint density at radius 1 is 0.711 bits per heavy atom. The Bertz CT molecular complexity index is 1320. The van der Waals surface area contributed by atoms with Gasteiger partial charge in [0.25, 0.3) is 15.9 Å². The van der Waals surface area contributed by atoms with Crippen LogP contribution in [0.5, 0.6) is 5.75 Å². The van der Waals surface area contributed by atoms with Gasteiger partial charge in [-0.15, -0.1) is 0 Å². The summed E-state index contributed by atoms with van der Waals surface area (Å²) in [5.74, 6) is -2.53. The molecule has 1 aromatic heterocycles. The predicted octanol–water partition coefficient (Wildman–Crippen LogP) is -0.267. The van der Waals surface area contributed by atoms with E-state index in [1.807, 2.05) is 0 Å². The summed E-state index contributed by atoms with van der Waals surface area (Å²) < 4.78 is 53.3. The molecule has 5 N–H and O–H groups in total. The molecule has 18 heteroatoms. The molecule has 248 valence electrons. The van der Waals surface area contributed by atoms with E-state index in [2.05, 4.69) is 20.3 Å². The molecule has 17 nitrogen and oxygen atoms in total. The molecule has 0 atom stereocenters. The number of pyridine rings is 1. The number of hydrogen-bond donors (Lipinski definition) is 5. The zero-order valence-corrected chi connectivity index (χ0v) is 25.1. The van der Waals surface area contributed by atoms with Gasteiger partial charge in [-0.3, -0.25) is 19.1 Å². The van der Waals surface area contributed by atoms with Crippen LogP contribution in [0, 0.1) is 0 Å². The van der Waals surface area contributed by atoms with Gasteiger partial charge >= 0.3 is 11.9 Å². The number of nitrogens with zero attached hydrogens (tertiary/aromatic N) is 1. The Morgan fingerprint density at radius 2 is 1.33 bits per heavy atom. The van der Waals surface area contributed by atoms with Crippen LogP contribution in [0.3, 0.4) is 0 Å². The van der Waals surface area contributed by atoms with Crippen LogP contribution in [0.15, 0.2) is 47.5 Å². The number of amides is 2. The van der Waals surface area contributed by atoms with Gasteiger partial charge in [0.15, 0.2) is 0 Å². The van der Waals surface area contributed by atoms with E-state index in [1.54, 1.807) is 0 Å². The van der Waals surface area contributed by atoms with Gasteiger partial charge in [-0.1, -0.05) is 0 Å². The monoisotopic (exact) mass is 656 g/mol. The van der Waals surface area contributed by atoms with Crippen molar-refractivity contribution in [2.24, 2.45) is 0 Å². The minimum absolute atomic E-state index is 0.00116. The number of nitrogens with one attached hydrogen (secondary N) is 3. The molecule has 0 radical (unpaired) electrons. The van der Waals surface area contributed by atoms with E-state index in [0.29, 0.717) is 5.75 Å². The zero-order valence-electron chi connectivity index (χ0n) is 24.3. The van der Waals surface area contributed by atoms with Crippen molar-refractivity contribution in [3.8, 4) is 5.75 Å². The zero-order chi connectivity index (χ0) is 32.9. The lowest BCUT2D eigenvalue weighted by molar-refractivity contribution is -0.143. The molecule has 0 aliphatic rings. The molecule has 0 bridgehead atoms. The summed E-state index contributed by atoms with van der Waals surface area (Å²) in [6.07, 6.45) is 1.03. The summed E-state index contributed by atoms with van der Waals surface area (Å²) in [7, 11) is -3.98. The second kappa shape index (κ2) is 20.6. The number of hydrogen-bond acceptors (Lipinski definition) is 12. The number of ether oxygens (including phenoxy) is 5. The summed E-state index contributed by atoms with van der Waals surface area (Å²) in [5.41, 5.74) is 0.201. The maximum Gasteiger partial charge on any atom is 0.329 e. The number of sulfonamides is 1. The summed E-state index contributed by atoms with van der Waals surface area (Å²) in [6.45, 7) is 0.955. The highest BCUT2D eigenvalue weighted by atomic mass is 32.2. The first-order valence-electron chi connectivity index (χ1n) is 13.6. The molecular weight excluding hydrogens is 620 g/mol. The number of aromatic nitrogens is 1. The van der Waals surface area contributed by atoms with Crippen LogP contribution in [0.4, 0.5) is 5.82 Å². The molecule has 0 aliphatic carbocycles. The van der Waals surface area contributed by atoms with Crippen molar-refractivity contribution in [3.63, 3.8) is 0 Å². The van der Waals surface area contributed by atoms with Crippen molar-refractivity contribution in [1.82, 2.24) is 15.6 Å². The van der Waals surface area contributed by atoms with E-state index in [4.69, 9.17) is 33.9 Å². The lowest BCUT2D eigenvalue weighted by atomic mass is 10.2. The predicted molar refractivity (Wildman–Crippen MR) is 155 cm³/mol. The smallest absolute Gasteiger partial charge is 0.329 e. The van der Waals surface area contributed by atoms with E-state index in [-0.39, 0.29) is 94.5 Å². The normalized spacial score (nSPS) is 11.0. The van der Waals surface area contributed by atoms with Gasteiger partial charge in [-0.05, 0) is 36.4 Å². The molecule has 0 aliphatic heterocycles. The third-order valence-corrected chi connectivity index (χ3v) is 6.66. The Balaban J connectivity index is 1.55. The fourth-order valence-corrected chi connectivity index (χ4v) is 4.18. The number of carboxylic acids is 2. The van der Waals surface area contributed by atoms with E-state index >= 15 is 0 Å². The lowest BCUT2D eigenvalue weighted by Gasteiger charge is -2.10. The summed E-state index contributed by atoms with van der Waals surface area (Å²) >= 11 is 0. The molecule has 2 rings (SSSR count). The van der Waals surface area contributed by atoms with Crippen LogP contribution in [0.25, 0.3) is 0 Å². The summed E-state index contributed by atoms with van der Waals surface area (Å²) in [5, 5.41) is 22.3. The van der Waals surface area contributed by atoms with Gasteiger partial charge in [0.2, 0.25) is 5.91 Å². The van der Waals surface area contributed by atoms with E-state index in [0.717, 1.165) is 0 Å². The summed E-state index contributed by atoms with van der Waals surface area (Å²) in [4.78, 5) is 48.8. The molecule has 0 spiro atoms. The molecule has 1 heterocycles. The number of anilines is 1. The second-order valence-electron chi connectivity index (χ2n) is 8.83. The maximum atomic E-state index is 12.6. The Kier molecular flexibility index (Phi) is 16.8. The second-order valence-corrected chi connectivity index (χ2v) is 10.5. The fourth-order valence-electron chi connectivity index (χ4n) is 3.17. The topological polar surface area (TPSA) is 238 Å².